The Morgan fingerprint density at radius 3 is 2.63 bits per heavy atom. The summed E-state index contributed by atoms with van der Waals surface area (Å²) in [5.74, 6) is 0.371. The molecular formula is C18H22FIN6S. The van der Waals surface area contributed by atoms with Crippen molar-refractivity contribution in [2.45, 2.75) is 26.9 Å². The number of nitrogens with one attached hydrogen (secondary N) is 2. The minimum Gasteiger partial charge on any atom is -0.352 e. The first-order chi connectivity index (χ1) is 12.6. The minimum atomic E-state index is -0.291. The molecular weight excluding hydrogens is 478 g/mol. The summed E-state index contributed by atoms with van der Waals surface area (Å²) in [4.78, 5) is 13.7. The number of aryl methyl sites for hydroxylation is 2. The van der Waals surface area contributed by atoms with E-state index in [-0.39, 0.29) is 29.8 Å². The first-order valence-electron chi connectivity index (χ1n) is 8.21. The number of rotatable bonds is 5. The average Bonchev–Trinajstić information content (AvgIpc) is 3.25. The molecule has 0 saturated carbocycles. The molecule has 0 unspecified atom stereocenters. The maximum atomic E-state index is 14.3. The van der Waals surface area contributed by atoms with E-state index < -0.39 is 0 Å². The van der Waals surface area contributed by atoms with E-state index in [9.17, 15) is 4.39 Å². The summed E-state index contributed by atoms with van der Waals surface area (Å²) in [6.07, 6.45) is 4.91. The molecule has 0 aliphatic carbocycles. The van der Waals surface area contributed by atoms with Gasteiger partial charge in [-0.05, 0) is 31.5 Å². The lowest BCUT2D eigenvalue weighted by molar-refractivity contribution is 0.615. The van der Waals surface area contributed by atoms with Gasteiger partial charge in [0.05, 0.1) is 29.3 Å². The number of aliphatic imine (C=N–C) groups is 1. The lowest BCUT2D eigenvalue weighted by Crippen LogP contribution is -2.36. The molecule has 3 rings (SSSR count). The Morgan fingerprint density at radius 2 is 2.04 bits per heavy atom. The fraction of sp³-hybridized carbons (Fsp3) is 0.278. The first kappa shape index (κ1) is 21.3. The smallest absolute Gasteiger partial charge is 0.191 e. The van der Waals surface area contributed by atoms with Crippen molar-refractivity contribution < 1.29 is 4.39 Å². The number of halogens is 2. The van der Waals surface area contributed by atoms with E-state index in [1.165, 1.54) is 10.9 Å². The minimum absolute atomic E-state index is 0. The van der Waals surface area contributed by atoms with Crippen molar-refractivity contribution in [3.63, 3.8) is 0 Å². The Kier molecular flexibility index (Phi) is 7.72. The van der Waals surface area contributed by atoms with Crippen LogP contribution in [0.5, 0.6) is 0 Å². The van der Waals surface area contributed by atoms with Crippen molar-refractivity contribution in [2.75, 3.05) is 7.05 Å². The highest BCUT2D eigenvalue weighted by Gasteiger charge is 2.08. The summed E-state index contributed by atoms with van der Waals surface area (Å²) < 4.78 is 16.0. The summed E-state index contributed by atoms with van der Waals surface area (Å²) in [7, 11) is 1.71. The second-order valence-electron chi connectivity index (χ2n) is 5.78. The van der Waals surface area contributed by atoms with Gasteiger partial charge in [-0.1, -0.05) is 6.07 Å². The lowest BCUT2D eigenvalue weighted by Gasteiger charge is -2.12. The Labute approximate surface area is 179 Å². The molecule has 0 atom stereocenters. The quantitative estimate of drug-likeness (QED) is 0.320. The maximum Gasteiger partial charge on any atom is 0.191 e. The van der Waals surface area contributed by atoms with Crippen molar-refractivity contribution in [1.29, 1.82) is 0 Å². The van der Waals surface area contributed by atoms with E-state index in [1.54, 1.807) is 47.7 Å². The van der Waals surface area contributed by atoms with E-state index in [2.05, 4.69) is 25.6 Å². The molecule has 2 aromatic heterocycles. The van der Waals surface area contributed by atoms with Crippen molar-refractivity contribution >= 4 is 41.3 Å². The summed E-state index contributed by atoms with van der Waals surface area (Å²) in [5, 5.41) is 7.51. The molecule has 144 valence electrons. The monoisotopic (exact) mass is 500 g/mol. The van der Waals surface area contributed by atoms with E-state index in [1.807, 2.05) is 19.9 Å². The number of nitrogens with zero attached hydrogens (tertiary/aromatic N) is 4. The van der Waals surface area contributed by atoms with Crippen molar-refractivity contribution in [3.05, 3.63) is 63.9 Å². The number of hydrogen-bond donors (Lipinski definition) is 2. The SMILES string of the molecule is CN=C(NCc1ccc(-n2ccnc2)c(F)c1)NCc1sc(C)nc1C.I. The number of benzene rings is 1. The van der Waals surface area contributed by atoms with Gasteiger partial charge in [-0.15, -0.1) is 35.3 Å². The van der Waals surface area contributed by atoms with Crippen LogP contribution in [-0.2, 0) is 13.1 Å². The van der Waals surface area contributed by atoms with Crippen LogP contribution in [0, 0.1) is 19.7 Å². The van der Waals surface area contributed by atoms with Crippen LogP contribution in [0.3, 0.4) is 0 Å². The zero-order valence-corrected chi connectivity index (χ0v) is 18.5. The molecule has 3 aromatic rings. The number of thiazole rings is 1. The Bertz CT molecular complexity index is 907. The first-order valence-corrected chi connectivity index (χ1v) is 9.02. The van der Waals surface area contributed by atoms with Crippen molar-refractivity contribution in [1.82, 2.24) is 25.2 Å². The van der Waals surface area contributed by atoms with Crippen molar-refractivity contribution in [3.8, 4) is 5.69 Å². The van der Waals surface area contributed by atoms with Gasteiger partial charge < -0.3 is 15.2 Å². The van der Waals surface area contributed by atoms with Gasteiger partial charge in [0, 0.05) is 30.9 Å². The van der Waals surface area contributed by atoms with Gasteiger partial charge in [0.25, 0.3) is 0 Å². The fourth-order valence-corrected chi connectivity index (χ4v) is 3.46. The van der Waals surface area contributed by atoms with Crippen LogP contribution in [0.1, 0.15) is 21.1 Å². The fourth-order valence-electron chi connectivity index (χ4n) is 2.58. The Balaban J connectivity index is 0.00000261. The molecule has 0 radical (unpaired) electrons. The van der Waals surface area contributed by atoms with Crippen LogP contribution >= 0.6 is 35.3 Å². The molecule has 0 spiro atoms. The molecule has 9 heteroatoms. The Hall–Kier alpha value is -2.01. The third kappa shape index (κ3) is 5.48. The maximum absolute atomic E-state index is 14.3. The van der Waals surface area contributed by atoms with Crippen LogP contribution < -0.4 is 10.6 Å². The molecule has 2 N–H and O–H groups in total. The second kappa shape index (κ2) is 9.79. The van der Waals surface area contributed by atoms with Gasteiger partial charge in [-0.2, -0.15) is 0 Å². The van der Waals surface area contributed by atoms with Crippen LogP contribution in [0.25, 0.3) is 5.69 Å². The van der Waals surface area contributed by atoms with Crippen LogP contribution in [-0.4, -0.2) is 27.5 Å². The summed E-state index contributed by atoms with van der Waals surface area (Å²) >= 11 is 1.67. The largest absolute Gasteiger partial charge is 0.352 e. The topological polar surface area (TPSA) is 67.1 Å². The lowest BCUT2D eigenvalue weighted by atomic mass is 10.2. The summed E-state index contributed by atoms with van der Waals surface area (Å²) in [5.41, 5.74) is 2.34. The highest BCUT2D eigenvalue weighted by atomic mass is 127. The van der Waals surface area contributed by atoms with Gasteiger partial charge in [-0.25, -0.2) is 14.4 Å². The molecule has 0 aliphatic heterocycles. The average molecular weight is 500 g/mol. The standard InChI is InChI=1S/C18H21FN6S.HI/c1-12-17(26-13(2)24-12)10-23-18(20-3)22-9-14-4-5-16(15(19)8-14)25-7-6-21-11-25;/h4-8,11H,9-10H2,1-3H3,(H2,20,22,23);1H. The highest BCUT2D eigenvalue weighted by molar-refractivity contribution is 14.0. The predicted octanol–water partition coefficient (Wildman–Crippen LogP) is 3.57. The van der Waals surface area contributed by atoms with Crippen LogP contribution in [0.15, 0.2) is 41.9 Å². The summed E-state index contributed by atoms with van der Waals surface area (Å²) in [6.45, 7) is 5.13. The van der Waals surface area contributed by atoms with E-state index in [0.717, 1.165) is 16.3 Å². The molecule has 0 fully saturated rings. The molecule has 27 heavy (non-hydrogen) atoms. The third-order valence-corrected chi connectivity index (χ3v) is 4.97. The van der Waals surface area contributed by atoms with Gasteiger partial charge in [0.15, 0.2) is 5.96 Å². The van der Waals surface area contributed by atoms with Gasteiger partial charge in [-0.3, -0.25) is 4.99 Å². The van der Waals surface area contributed by atoms with Crippen molar-refractivity contribution in [2.24, 2.45) is 4.99 Å². The normalized spacial score (nSPS) is 11.2. The van der Waals surface area contributed by atoms with Gasteiger partial charge >= 0.3 is 0 Å². The molecule has 2 heterocycles. The third-order valence-electron chi connectivity index (χ3n) is 3.89. The van der Waals surface area contributed by atoms with E-state index in [0.29, 0.717) is 24.7 Å². The zero-order chi connectivity index (χ0) is 18.5. The molecule has 0 aliphatic rings. The van der Waals surface area contributed by atoms with Crippen LogP contribution in [0.2, 0.25) is 0 Å². The van der Waals surface area contributed by atoms with Crippen LogP contribution in [0.4, 0.5) is 4.39 Å². The molecule has 0 bridgehead atoms. The number of imidazole rings is 1. The number of aromatic nitrogens is 3. The van der Waals surface area contributed by atoms with Gasteiger partial charge in [0.1, 0.15) is 5.82 Å². The van der Waals surface area contributed by atoms with Gasteiger partial charge in [0.2, 0.25) is 0 Å². The second-order valence-corrected chi connectivity index (χ2v) is 7.06. The number of guanidine groups is 1. The highest BCUT2D eigenvalue weighted by Crippen LogP contribution is 2.17. The Morgan fingerprint density at radius 1 is 1.26 bits per heavy atom. The molecule has 1 aromatic carbocycles. The molecule has 0 saturated heterocycles. The predicted molar refractivity (Wildman–Crippen MR) is 118 cm³/mol. The number of hydrogen-bond acceptors (Lipinski definition) is 4. The zero-order valence-electron chi connectivity index (χ0n) is 15.4. The summed E-state index contributed by atoms with van der Waals surface area (Å²) in [6, 6.07) is 5.15. The van der Waals surface area contributed by atoms with E-state index >= 15 is 0 Å². The van der Waals surface area contributed by atoms with E-state index in [4.69, 9.17) is 0 Å². The molecule has 0 amide bonds. The molecule has 6 nitrogen and oxygen atoms in total.